The lowest BCUT2D eigenvalue weighted by Crippen LogP contribution is -2.23. The number of hydrogen-bond donors (Lipinski definition) is 0. The molecule has 26 heavy (non-hydrogen) atoms. The molecule has 0 N–H and O–H groups in total. The Labute approximate surface area is 148 Å². The van der Waals surface area contributed by atoms with Gasteiger partial charge in [-0.3, -0.25) is 0 Å². The van der Waals surface area contributed by atoms with Gasteiger partial charge < -0.3 is 9.47 Å². The Morgan fingerprint density at radius 2 is 1.77 bits per heavy atom. The van der Waals surface area contributed by atoms with Crippen molar-refractivity contribution in [3.8, 4) is 22.8 Å². The van der Waals surface area contributed by atoms with Crippen LogP contribution in [0.4, 0.5) is 0 Å². The molecular formula is C19H14N4O3. The minimum atomic E-state index is -0.282. The molecule has 0 atom stereocenters. The van der Waals surface area contributed by atoms with Crippen LogP contribution in [-0.4, -0.2) is 26.2 Å². The van der Waals surface area contributed by atoms with E-state index in [1.54, 1.807) is 6.07 Å². The van der Waals surface area contributed by atoms with Gasteiger partial charge >= 0.3 is 5.69 Å². The molecule has 0 fully saturated rings. The van der Waals surface area contributed by atoms with Gasteiger partial charge in [0.2, 0.25) is 6.79 Å². The molecule has 3 heterocycles. The van der Waals surface area contributed by atoms with E-state index in [0.29, 0.717) is 23.7 Å². The van der Waals surface area contributed by atoms with Gasteiger partial charge in [-0.1, -0.05) is 36.4 Å². The molecule has 0 bridgehead atoms. The maximum atomic E-state index is 12.7. The smallest absolute Gasteiger partial charge is 0.367 e. The molecule has 128 valence electrons. The first-order valence-electron chi connectivity index (χ1n) is 8.19. The second kappa shape index (κ2) is 5.73. The molecule has 0 amide bonds. The summed E-state index contributed by atoms with van der Waals surface area (Å²) >= 11 is 0. The zero-order valence-corrected chi connectivity index (χ0v) is 13.7. The highest BCUT2D eigenvalue weighted by Gasteiger charge is 2.15. The quantitative estimate of drug-likeness (QED) is 0.569. The van der Waals surface area contributed by atoms with Gasteiger partial charge in [0, 0.05) is 5.56 Å². The van der Waals surface area contributed by atoms with Crippen LogP contribution in [0.1, 0.15) is 5.56 Å². The zero-order valence-electron chi connectivity index (χ0n) is 13.7. The van der Waals surface area contributed by atoms with Crippen LogP contribution in [0.3, 0.4) is 0 Å². The summed E-state index contributed by atoms with van der Waals surface area (Å²) in [5.74, 6) is 1.40. The summed E-state index contributed by atoms with van der Waals surface area (Å²) in [5.41, 5.74) is 2.81. The molecule has 0 unspecified atom stereocenters. The molecule has 7 heteroatoms. The van der Waals surface area contributed by atoms with E-state index in [1.807, 2.05) is 54.6 Å². The van der Waals surface area contributed by atoms with Crippen LogP contribution in [0.5, 0.6) is 11.5 Å². The van der Waals surface area contributed by atoms with Crippen LogP contribution in [0.25, 0.3) is 16.9 Å². The molecule has 0 saturated heterocycles. The summed E-state index contributed by atoms with van der Waals surface area (Å²) in [6.07, 6.45) is 0. The topological polar surface area (TPSA) is 70.7 Å². The van der Waals surface area contributed by atoms with Gasteiger partial charge in [-0.25, -0.2) is 9.48 Å². The van der Waals surface area contributed by atoms with E-state index in [0.717, 1.165) is 16.8 Å². The largest absolute Gasteiger partial charge is 0.454 e. The SMILES string of the molecule is O=c1n(Cc2ccc3c(c2)OCO3)nc2ccc(-c3ccccc3)nn12. The summed E-state index contributed by atoms with van der Waals surface area (Å²) in [4.78, 5) is 12.7. The van der Waals surface area contributed by atoms with E-state index in [2.05, 4.69) is 10.2 Å². The highest BCUT2D eigenvalue weighted by Crippen LogP contribution is 2.32. The van der Waals surface area contributed by atoms with Crippen molar-refractivity contribution in [2.45, 2.75) is 6.54 Å². The Bertz CT molecular complexity index is 1160. The summed E-state index contributed by atoms with van der Waals surface area (Å²) in [5, 5.41) is 8.81. The first kappa shape index (κ1) is 14.7. The molecule has 2 aromatic heterocycles. The van der Waals surface area contributed by atoms with Gasteiger partial charge in [0.25, 0.3) is 0 Å². The minimum Gasteiger partial charge on any atom is -0.454 e. The molecule has 5 rings (SSSR count). The maximum Gasteiger partial charge on any atom is 0.367 e. The van der Waals surface area contributed by atoms with Gasteiger partial charge in [0.05, 0.1) is 12.2 Å². The van der Waals surface area contributed by atoms with Crippen LogP contribution in [0.15, 0.2) is 65.5 Å². The Morgan fingerprint density at radius 3 is 2.65 bits per heavy atom. The third kappa shape index (κ3) is 2.41. The minimum absolute atomic E-state index is 0.222. The van der Waals surface area contributed by atoms with Gasteiger partial charge in [-0.05, 0) is 29.8 Å². The fourth-order valence-electron chi connectivity index (χ4n) is 2.99. The lowest BCUT2D eigenvalue weighted by atomic mass is 10.1. The summed E-state index contributed by atoms with van der Waals surface area (Å²) in [6, 6.07) is 19.0. The van der Waals surface area contributed by atoms with Crippen molar-refractivity contribution in [3.05, 3.63) is 76.7 Å². The average Bonchev–Trinajstić information content (AvgIpc) is 3.27. The van der Waals surface area contributed by atoms with Crippen molar-refractivity contribution in [2.75, 3.05) is 6.79 Å². The van der Waals surface area contributed by atoms with Gasteiger partial charge in [0.1, 0.15) is 0 Å². The molecule has 1 aliphatic heterocycles. The summed E-state index contributed by atoms with van der Waals surface area (Å²) in [7, 11) is 0. The Morgan fingerprint density at radius 1 is 0.923 bits per heavy atom. The van der Waals surface area contributed by atoms with Crippen molar-refractivity contribution in [2.24, 2.45) is 0 Å². The predicted octanol–water partition coefficient (Wildman–Crippen LogP) is 2.33. The fourth-order valence-corrected chi connectivity index (χ4v) is 2.99. The molecule has 1 aliphatic rings. The lowest BCUT2D eigenvalue weighted by Gasteiger charge is -2.02. The standard InChI is InChI=1S/C19H14N4O3/c24-19-22(11-13-6-8-16-17(10-13)26-12-25-16)21-18-9-7-15(20-23(18)19)14-4-2-1-3-5-14/h1-10H,11-12H2. The van der Waals surface area contributed by atoms with E-state index in [9.17, 15) is 4.79 Å². The van der Waals surface area contributed by atoms with Crippen LogP contribution < -0.4 is 15.2 Å². The number of aromatic nitrogens is 4. The molecule has 4 aromatic rings. The van der Waals surface area contributed by atoms with Crippen LogP contribution in [0.2, 0.25) is 0 Å². The molecule has 0 saturated carbocycles. The monoisotopic (exact) mass is 346 g/mol. The molecule has 0 spiro atoms. The van der Waals surface area contributed by atoms with E-state index in [1.165, 1.54) is 9.20 Å². The van der Waals surface area contributed by atoms with Crippen LogP contribution >= 0.6 is 0 Å². The van der Waals surface area contributed by atoms with Crippen molar-refractivity contribution >= 4 is 5.65 Å². The summed E-state index contributed by atoms with van der Waals surface area (Å²) < 4.78 is 13.4. The third-order valence-corrected chi connectivity index (χ3v) is 4.28. The Hall–Kier alpha value is -3.61. The first-order valence-corrected chi connectivity index (χ1v) is 8.19. The molecule has 0 aliphatic carbocycles. The van der Waals surface area contributed by atoms with Gasteiger partial charge in [0.15, 0.2) is 17.1 Å². The third-order valence-electron chi connectivity index (χ3n) is 4.28. The number of hydrogen-bond acceptors (Lipinski definition) is 5. The highest BCUT2D eigenvalue weighted by atomic mass is 16.7. The maximum absolute atomic E-state index is 12.7. The van der Waals surface area contributed by atoms with E-state index in [-0.39, 0.29) is 12.5 Å². The van der Waals surface area contributed by atoms with Gasteiger partial charge in [-0.15, -0.1) is 5.10 Å². The molecule has 7 nitrogen and oxygen atoms in total. The molecule has 0 radical (unpaired) electrons. The number of nitrogens with zero attached hydrogens (tertiary/aromatic N) is 4. The second-order valence-electron chi connectivity index (χ2n) is 5.98. The highest BCUT2D eigenvalue weighted by molar-refractivity contribution is 5.59. The number of fused-ring (bicyclic) bond motifs is 2. The molecule has 2 aromatic carbocycles. The normalized spacial score (nSPS) is 12.6. The fraction of sp³-hybridized carbons (Fsp3) is 0.105. The van der Waals surface area contributed by atoms with Crippen molar-refractivity contribution in [1.29, 1.82) is 0 Å². The van der Waals surface area contributed by atoms with E-state index < -0.39 is 0 Å². The number of ether oxygens (including phenoxy) is 2. The predicted molar refractivity (Wildman–Crippen MR) is 94.4 cm³/mol. The number of benzene rings is 2. The zero-order chi connectivity index (χ0) is 17.5. The van der Waals surface area contributed by atoms with Crippen LogP contribution in [0, 0.1) is 0 Å². The Balaban J connectivity index is 1.53. The van der Waals surface area contributed by atoms with Crippen LogP contribution in [-0.2, 0) is 6.54 Å². The van der Waals surface area contributed by atoms with Crippen molar-refractivity contribution in [1.82, 2.24) is 19.4 Å². The molecular weight excluding hydrogens is 332 g/mol. The first-order chi connectivity index (χ1) is 12.8. The van der Waals surface area contributed by atoms with E-state index in [4.69, 9.17) is 9.47 Å². The van der Waals surface area contributed by atoms with Crippen molar-refractivity contribution in [3.63, 3.8) is 0 Å². The lowest BCUT2D eigenvalue weighted by molar-refractivity contribution is 0.174. The Kier molecular flexibility index (Phi) is 3.24. The van der Waals surface area contributed by atoms with Gasteiger partial charge in [-0.2, -0.15) is 9.61 Å². The summed E-state index contributed by atoms with van der Waals surface area (Å²) in [6.45, 7) is 0.554. The number of rotatable bonds is 3. The van der Waals surface area contributed by atoms with Crippen molar-refractivity contribution < 1.29 is 9.47 Å². The average molecular weight is 346 g/mol. The van der Waals surface area contributed by atoms with E-state index >= 15 is 0 Å². The second-order valence-corrected chi connectivity index (χ2v) is 5.98.